The van der Waals surface area contributed by atoms with Crippen molar-refractivity contribution in [3.63, 3.8) is 0 Å². The van der Waals surface area contributed by atoms with Crippen LogP contribution in [0.1, 0.15) is 20.0 Å². The number of halogens is 1. The zero-order valence-electron chi connectivity index (χ0n) is 9.64. The van der Waals surface area contributed by atoms with Crippen molar-refractivity contribution in [3.8, 4) is 0 Å². The SMILES string of the molecule is O=C1C=C(Nc2cccc(F)c2)C(=O)c2sccc21. The van der Waals surface area contributed by atoms with Crippen LogP contribution in [0.3, 0.4) is 0 Å². The molecule has 0 saturated heterocycles. The molecule has 0 aliphatic heterocycles. The monoisotopic (exact) mass is 273 g/mol. The number of rotatable bonds is 2. The van der Waals surface area contributed by atoms with Gasteiger partial charge >= 0.3 is 0 Å². The molecule has 0 unspecified atom stereocenters. The lowest BCUT2D eigenvalue weighted by Gasteiger charge is -2.13. The fourth-order valence-electron chi connectivity index (χ4n) is 1.89. The molecule has 0 radical (unpaired) electrons. The second-order valence-electron chi connectivity index (χ2n) is 4.05. The Morgan fingerprint density at radius 2 is 2.00 bits per heavy atom. The fourth-order valence-corrected chi connectivity index (χ4v) is 2.74. The number of anilines is 1. The van der Waals surface area contributed by atoms with Gasteiger partial charge in [-0.2, -0.15) is 0 Å². The highest BCUT2D eigenvalue weighted by Crippen LogP contribution is 2.27. The number of carbonyl (C=O) groups excluding carboxylic acids is 2. The van der Waals surface area contributed by atoms with Gasteiger partial charge < -0.3 is 5.32 Å². The van der Waals surface area contributed by atoms with Gasteiger partial charge in [0.15, 0.2) is 5.78 Å². The van der Waals surface area contributed by atoms with Crippen LogP contribution < -0.4 is 5.32 Å². The van der Waals surface area contributed by atoms with Gasteiger partial charge in [0.2, 0.25) is 5.78 Å². The highest BCUT2D eigenvalue weighted by atomic mass is 32.1. The van der Waals surface area contributed by atoms with E-state index in [1.54, 1.807) is 17.5 Å². The number of ketones is 2. The number of fused-ring (bicyclic) bond motifs is 1. The van der Waals surface area contributed by atoms with Crippen LogP contribution >= 0.6 is 11.3 Å². The summed E-state index contributed by atoms with van der Waals surface area (Å²) in [6, 6.07) is 7.37. The van der Waals surface area contributed by atoms with Crippen molar-refractivity contribution < 1.29 is 14.0 Å². The number of thiophene rings is 1. The first kappa shape index (κ1) is 11.8. The molecular weight excluding hydrogens is 265 g/mol. The smallest absolute Gasteiger partial charge is 0.219 e. The first-order valence-corrected chi connectivity index (χ1v) is 6.44. The van der Waals surface area contributed by atoms with Crippen molar-refractivity contribution in [1.82, 2.24) is 0 Å². The van der Waals surface area contributed by atoms with Crippen molar-refractivity contribution in [2.24, 2.45) is 0 Å². The molecule has 0 spiro atoms. The Hall–Kier alpha value is -2.27. The van der Waals surface area contributed by atoms with Crippen LogP contribution in [0.25, 0.3) is 0 Å². The third-order valence-corrected chi connectivity index (χ3v) is 3.67. The summed E-state index contributed by atoms with van der Waals surface area (Å²) in [5, 5.41) is 4.50. The Balaban J connectivity index is 1.94. The number of nitrogens with one attached hydrogen (secondary N) is 1. The van der Waals surface area contributed by atoms with Gasteiger partial charge in [-0.15, -0.1) is 11.3 Å². The maximum atomic E-state index is 13.1. The number of carbonyl (C=O) groups is 2. The van der Waals surface area contributed by atoms with Crippen molar-refractivity contribution in [1.29, 1.82) is 0 Å². The molecule has 2 aromatic rings. The van der Waals surface area contributed by atoms with Crippen molar-refractivity contribution >= 4 is 28.6 Å². The molecule has 0 fully saturated rings. The average molecular weight is 273 g/mol. The molecule has 1 aliphatic carbocycles. The lowest BCUT2D eigenvalue weighted by molar-refractivity contribution is 0.0989. The molecule has 19 heavy (non-hydrogen) atoms. The van der Waals surface area contributed by atoms with E-state index in [4.69, 9.17) is 0 Å². The van der Waals surface area contributed by atoms with Gasteiger partial charge in [-0.3, -0.25) is 9.59 Å². The van der Waals surface area contributed by atoms with E-state index < -0.39 is 5.82 Å². The standard InChI is InChI=1S/C14H8FNO2S/c15-8-2-1-3-9(6-8)16-11-7-12(17)10-4-5-19-14(10)13(11)18/h1-7,16H. The summed E-state index contributed by atoms with van der Waals surface area (Å²) in [6.45, 7) is 0. The van der Waals surface area contributed by atoms with E-state index in [1.165, 1.54) is 35.6 Å². The summed E-state index contributed by atoms with van der Waals surface area (Å²) in [4.78, 5) is 24.4. The average Bonchev–Trinajstić information content (AvgIpc) is 2.85. The van der Waals surface area contributed by atoms with Crippen LogP contribution in [-0.4, -0.2) is 11.6 Å². The maximum Gasteiger partial charge on any atom is 0.219 e. The Labute approximate surface area is 112 Å². The van der Waals surface area contributed by atoms with Gasteiger partial charge in [0.25, 0.3) is 0 Å². The van der Waals surface area contributed by atoms with Crippen LogP contribution in [-0.2, 0) is 0 Å². The lowest BCUT2D eigenvalue weighted by Crippen LogP contribution is -2.19. The molecule has 3 nitrogen and oxygen atoms in total. The summed E-state index contributed by atoms with van der Waals surface area (Å²) in [5.74, 6) is -0.861. The summed E-state index contributed by atoms with van der Waals surface area (Å²) in [6.07, 6.45) is 1.25. The predicted octanol–water partition coefficient (Wildman–Crippen LogP) is 3.26. The van der Waals surface area contributed by atoms with Crippen LogP contribution in [0.2, 0.25) is 0 Å². The zero-order valence-corrected chi connectivity index (χ0v) is 10.5. The molecule has 0 bridgehead atoms. The fraction of sp³-hybridized carbons (Fsp3) is 0. The molecule has 3 rings (SSSR count). The minimum Gasteiger partial charge on any atom is -0.352 e. The molecule has 94 valence electrons. The molecule has 0 amide bonds. The highest BCUT2D eigenvalue weighted by molar-refractivity contribution is 7.12. The first-order chi connectivity index (χ1) is 9.15. The van der Waals surface area contributed by atoms with Gasteiger partial charge in [-0.05, 0) is 29.6 Å². The quantitative estimate of drug-likeness (QED) is 0.913. The van der Waals surface area contributed by atoms with E-state index in [1.807, 2.05) is 0 Å². The Kier molecular flexibility index (Phi) is 2.76. The molecule has 1 aliphatic rings. The van der Waals surface area contributed by atoms with Crippen LogP contribution in [0, 0.1) is 5.82 Å². The molecule has 1 aromatic carbocycles. The molecule has 1 aromatic heterocycles. The second kappa shape index (κ2) is 4.44. The second-order valence-corrected chi connectivity index (χ2v) is 4.97. The summed E-state index contributed by atoms with van der Waals surface area (Å²) < 4.78 is 13.1. The van der Waals surface area contributed by atoms with Crippen LogP contribution in [0.5, 0.6) is 0 Å². The maximum absolute atomic E-state index is 13.1. The molecule has 5 heteroatoms. The Bertz CT molecular complexity index is 718. The topological polar surface area (TPSA) is 46.2 Å². The van der Waals surface area contributed by atoms with Crippen molar-refractivity contribution in [3.05, 3.63) is 63.7 Å². The number of allylic oxidation sites excluding steroid dienone is 2. The largest absolute Gasteiger partial charge is 0.352 e. The van der Waals surface area contributed by atoms with Gasteiger partial charge in [0.1, 0.15) is 5.82 Å². The highest BCUT2D eigenvalue weighted by Gasteiger charge is 2.26. The molecule has 0 atom stereocenters. The number of hydrogen-bond donors (Lipinski definition) is 1. The Morgan fingerprint density at radius 1 is 1.16 bits per heavy atom. The normalized spacial score (nSPS) is 14.1. The molecule has 1 N–H and O–H groups in total. The van der Waals surface area contributed by atoms with Crippen molar-refractivity contribution in [2.45, 2.75) is 0 Å². The van der Waals surface area contributed by atoms with Crippen molar-refractivity contribution in [2.75, 3.05) is 5.32 Å². The van der Waals surface area contributed by atoms with Gasteiger partial charge in [-0.25, -0.2) is 4.39 Å². The molecule has 0 saturated carbocycles. The third kappa shape index (κ3) is 2.08. The zero-order chi connectivity index (χ0) is 13.4. The minimum atomic E-state index is -0.406. The third-order valence-electron chi connectivity index (χ3n) is 2.76. The van der Waals surface area contributed by atoms with Gasteiger partial charge in [0, 0.05) is 17.3 Å². The van der Waals surface area contributed by atoms with E-state index in [2.05, 4.69) is 5.32 Å². The van der Waals surface area contributed by atoms with Crippen LogP contribution in [0.4, 0.5) is 10.1 Å². The van der Waals surface area contributed by atoms with E-state index >= 15 is 0 Å². The number of benzene rings is 1. The Morgan fingerprint density at radius 3 is 2.79 bits per heavy atom. The van der Waals surface area contributed by atoms with E-state index in [0.717, 1.165) is 0 Å². The predicted molar refractivity (Wildman–Crippen MR) is 71.1 cm³/mol. The minimum absolute atomic E-state index is 0.172. The van der Waals surface area contributed by atoms with E-state index in [0.29, 0.717) is 16.1 Å². The summed E-state index contributed by atoms with van der Waals surface area (Å²) in [7, 11) is 0. The summed E-state index contributed by atoms with van der Waals surface area (Å²) in [5.41, 5.74) is 1.04. The van der Waals surface area contributed by atoms with Crippen LogP contribution in [0.15, 0.2) is 47.5 Å². The van der Waals surface area contributed by atoms with Gasteiger partial charge in [-0.1, -0.05) is 6.07 Å². The molecule has 1 heterocycles. The first-order valence-electron chi connectivity index (χ1n) is 5.56. The molecular formula is C14H8FNO2S. The lowest BCUT2D eigenvalue weighted by atomic mass is 10.0. The van der Waals surface area contributed by atoms with E-state index in [9.17, 15) is 14.0 Å². The summed E-state index contributed by atoms with van der Waals surface area (Å²) >= 11 is 1.23. The van der Waals surface area contributed by atoms with Gasteiger partial charge in [0.05, 0.1) is 10.6 Å². The number of hydrogen-bond acceptors (Lipinski definition) is 4. The number of Topliss-reactive ketones (excluding diaryl/α,β-unsaturated/α-hetero) is 1. The van der Waals surface area contributed by atoms with E-state index in [-0.39, 0.29) is 17.3 Å².